The second-order valence-electron chi connectivity index (χ2n) is 14.8. The molecule has 1 aromatic heterocycles. The Morgan fingerprint density at radius 3 is 2.45 bits per heavy atom. The highest BCUT2D eigenvalue weighted by Crippen LogP contribution is 2.36. The first-order valence-electron chi connectivity index (χ1n) is 17.0. The molecule has 3 aliphatic heterocycles. The lowest BCUT2D eigenvalue weighted by atomic mass is 10.00. The summed E-state index contributed by atoms with van der Waals surface area (Å²) >= 11 is 0. The summed E-state index contributed by atoms with van der Waals surface area (Å²) in [7, 11) is 0. The van der Waals surface area contributed by atoms with Crippen LogP contribution in [0, 0.1) is 11.7 Å². The molecule has 0 N–H and O–H groups in total. The van der Waals surface area contributed by atoms with Crippen molar-refractivity contribution in [2.75, 3.05) is 57.4 Å². The van der Waals surface area contributed by atoms with Gasteiger partial charge in [-0.2, -0.15) is 0 Å². The van der Waals surface area contributed by atoms with Gasteiger partial charge in [-0.1, -0.05) is 26.0 Å². The van der Waals surface area contributed by atoms with Crippen LogP contribution in [-0.2, 0) is 20.7 Å². The highest BCUT2D eigenvalue weighted by Gasteiger charge is 2.41. The van der Waals surface area contributed by atoms with E-state index in [4.69, 9.17) is 14.2 Å². The molecule has 47 heavy (non-hydrogen) atoms. The molecule has 0 radical (unpaired) electrons. The lowest BCUT2D eigenvalue weighted by Gasteiger charge is -2.48. The number of morpholine rings is 1. The molecule has 2 saturated heterocycles. The maximum absolute atomic E-state index is 14.6. The average molecular weight is 654 g/mol. The minimum Gasteiger partial charge on any atom is -0.474 e. The molecule has 2 fully saturated rings. The van der Waals surface area contributed by atoms with Gasteiger partial charge in [-0.15, -0.1) is 0 Å². The number of carbonyl (C=O) groups is 2. The van der Waals surface area contributed by atoms with Crippen molar-refractivity contribution < 1.29 is 28.2 Å². The summed E-state index contributed by atoms with van der Waals surface area (Å²) < 4.78 is 31.1. The molecule has 0 unspecified atom stereocenters. The molecule has 3 aliphatic rings. The van der Waals surface area contributed by atoms with Crippen LogP contribution in [-0.4, -0.2) is 114 Å². The third-order valence-corrected chi connectivity index (χ3v) is 9.13. The molecule has 0 aliphatic carbocycles. The summed E-state index contributed by atoms with van der Waals surface area (Å²) in [5.74, 6) is 0.507. The Labute approximate surface area is 279 Å². The Kier molecular flexibility index (Phi) is 11.1. The molecular weight excluding hydrogens is 601 g/mol. The topological polar surface area (TPSA) is 87.7 Å². The molecule has 2 amide bonds. The van der Waals surface area contributed by atoms with Gasteiger partial charge in [-0.05, 0) is 82.7 Å². The Morgan fingerprint density at radius 2 is 1.77 bits per heavy atom. The maximum atomic E-state index is 14.6. The van der Waals surface area contributed by atoms with Crippen molar-refractivity contribution in [2.24, 2.45) is 5.92 Å². The van der Waals surface area contributed by atoms with Crippen LogP contribution in [0.3, 0.4) is 0 Å². The van der Waals surface area contributed by atoms with Crippen molar-refractivity contribution in [2.45, 2.75) is 91.1 Å². The van der Waals surface area contributed by atoms with Gasteiger partial charge in [0.25, 0.3) is 0 Å². The SMILES string of the molecule is CC(C)C[C@H]1COc2ncc(Cc3ccc(F)cc3)cc2N1C(=O)CN1C[C@@H](C)N(C(=O)OC(C)(C)C)C[C@@H]1CN1CCOC[C@H]1C. The predicted molar refractivity (Wildman–Crippen MR) is 179 cm³/mol. The lowest BCUT2D eigenvalue weighted by Crippen LogP contribution is -2.65. The first-order chi connectivity index (χ1) is 22.3. The molecule has 0 saturated carbocycles. The van der Waals surface area contributed by atoms with Gasteiger partial charge in [-0.25, -0.2) is 14.2 Å². The summed E-state index contributed by atoms with van der Waals surface area (Å²) in [6.07, 6.45) is 2.78. The summed E-state index contributed by atoms with van der Waals surface area (Å²) in [6.45, 7) is 18.5. The van der Waals surface area contributed by atoms with E-state index in [1.807, 2.05) is 43.6 Å². The van der Waals surface area contributed by atoms with Crippen LogP contribution in [0.25, 0.3) is 0 Å². The van der Waals surface area contributed by atoms with E-state index in [1.165, 1.54) is 12.1 Å². The van der Waals surface area contributed by atoms with Gasteiger partial charge in [0.1, 0.15) is 23.7 Å². The summed E-state index contributed by atoms with van der Waals surface area (Å²) in [4.78, 5) is 40.8. The summed E-state index contributed by atoms with van der Waals surface area (Å²) in [6, 6.07) is 8.32. The van der Waals surface area contributed by atoms with Crippen LogP contribution < -0.4 is 9.64 Å². The van der Waals surface area contributed by atoms with E-state index < -0.39 is 5.60 Å². The van der Waals surface area contributed by atoms with Crippen LogP contribution in [0.4, 0.5) is 14.9 Å². The largest absolute Gasteiger partial charge is 0.474 e. The zero-order chi connectivity index (χ0) is 33.9. The average Bonchev–Trinajstić information content (AvgIpc) is 2.99. The Morgan fingerprint density at radius 1 is 1.02 bits per heavy atom. The number of anilines is 1. The van der Waals surface area contributed by atoms with Crippen molar-refractivity contribution in [3.63, 3.8) is 0 Å². The fraction of sp³-hybridized carbons (Fsp3) is 0.639. The first kappa shape index (κ1) is 35.0. The van der Waals surface area contributed by atoms with Gasteiger partial charge in [0.2, 0.25) is 11.8 Å². The summed E-state index contributed by atoms with van der Waals surface area (Å²) in [5, 5.41) is 0. The van der Waals surface area contributed by atoms with Crippen molar-refractivity contribution in [3.05, 3.63) is 53.5 Å². The van der Waals surface area contributed by atoms with Gasteiger partial charge in [-0.3, -0.25) is 19.5 Å². The van der Waals surface area contributed by atoms with Crippen LogP contribution >= 0.6 is 0 Å². The van der Waals surface area contributed by atoms with E-state index in [-0.39, 0.29) is 48.5 Å². The number of pyridine rings is 1. The molecule has 10 nitrogen and oxygen atoms in total. The van der Waals surface area contributed by atoms with Crippen LogP contribution in [0.5, 0.6) is 5.88 Å². The number of aromatic nitrogens is 1. The summed E-state index contributed by atoms with van der Waals surface area (Å²) in [5.41, 5.74) is 1.95. The van der Waals surface area contributed by atoms with Gasteiger partial charge in [0, 0.05) is 50.5 Å². The standard InChI is InChI=1S/C36H52FN5O5/c1-24(2)14-30-23-46-34-32(16-28(17-38-34)15-27-8-10-29(37)11-9-27)42(30)33(43)21-40-18-25(3)41(35(44)47-36(5,6)7)20-31(40)19-39-12-13-45-22-26(39)4/h8-11,16-17,24-26,30-31H,12-15,18-23H2,1-7H3/t25-,26-,30+,31+/m1/s1. The second-order valence-corrected chi connectivity index (χ2v) is 14.8. The van der Waals surface area contributed by atoms with Crippen molar-refractivity contribution in [3.8, 4) is 5.88 Å². The third kappa shape index (κ3) is 9.00. The molecular formula is C36H52FN5O5. The molecule has 0 bridgehead atoms. The fourth-order valence-corrected chi connectivity index (χ4v) is 6.81. The van der Waals surface area contributed by atoms with Crippen molar-refractivity contribution in [1.29, 1.82) is 0 Å². The molecule has 1 aromatic carbocycles. The number of benzene rings is 1. The van der Waals surface area contributed by atoms with Crippen LogP contribution in [0.2, 0.25) is 0 Å². The Balaban J connectivity index is 1.41. The van der Waals surface area contributed by atoms with Gasteiger partial charge in [0.15, 0.2) is 0 Å². The minimum absolute atomic E-state index is 0.0149. The molecule has 2 aromatic rings. The van der Waals surface area contributed by atoms with E-state index in [1.54, 1.807) is 18.3 Å². The van der Waals surface area contributed by atoms with E-state index in [2.05, 4.69) is 35.6 Å². The Bertz CT molecular complexity index is 1380. The predicted octanol–water partition coefficient (Wildman–Crippen LogP) is 4.98. The lowest BCUT2D eigenvalue weighted by molar-refractivity contribution is -0.122. The normalized spacial score (nSPS) is 24.2. The smallest absolute Gasteiger partial charge is 0.410 e. The van der Waals surface area contributed by atoms with E-state index in [0.29, 0.717) is 63.4 Å². The van der Waals surface area contributed by atoms with Gasteiger partial charge in [0.05, 0.1) is 25.8 Å². The monoisotopic (exact) mass is 653 g/mol. The molecule has 4 heterocycles. The molecule has 4 atom stereocenters. The maximum Gasteiger partial charge on any atom is 0.410 e. The third-order valence-electron chi connectivity index (χ3n) is 9.13. The molecule has 0 spiro atoms. The number of piperazine rings is 1. The Hall–Kier alpha value is -3.28. The number of halogens is 1. The van der Waals surface area contributed by atoms with Gasteiger partial charge >= 0.3 is 6.09 Å². The number of carbonyl (C=O) groups excluding carboxylic acids is 2. The van der Waals surface area contributed by atoms with Crippen molar-refractivity contribution >= 4 is 17.7 Å². The molecule has 258 valence electrons. The van der Waals surface area contributed by atoms with Crippen LogP contribution in [0.15, 0.2) is 36.5 Å². The number of hydrogen-bond acceptors (Lipinski definition) is 8. The highest BCUT2D eigenvalue weighted by atomic mass is 19.1. The van der Waals surface area contributed by atoms with E-state index >= 15 is 0 Å². The number of amides is 2. The van der Waals surface area contributed by atoms with E-state index in [9.17, 15) is 14.0 Å². The molecule has 11 heteroatoms. The number of hydrogen-bond donors (Lipinski definition) is 0. The number of nitrogens with zero attached hydrogens (tertiary/aromatic N) is 5. The first-order valence-corrected chi connectivity index (χ1v) is 17.0. The number of ether oxygens (including phenoxy) is 3. The van der Waals surface area contributed by atoms with Crippen molar-refractivity contribution in [1.82, 2.24) is 19.7 Å². The van der Waals surface area contributed by atoms with Gasteiger partial charge < -0.3 is 19.1 Å². The zero-order valence-electron chi connectivity index (χ0n) is 29.1. The van der Waals surface area contributed by atoms with Crippen LogP contribution in [0.1, 0.15) is 66.0 Å². The molecule has 5 rings (SSSR count). The fourth-order valence-electron chi connectivity index (χ4n) is 6.81. The highest BCUT2D eigenvalue weighted by molar-refractivity contribution is 5.97. The number of rotatable bonds is 8. The number of fused-ring (bicyclic) bond motifs is 1. The van der Waals surface area contributed by atoms with E-state index in [0.717, 1.165) is 24.1 Å². The minimum atomic E-state index is -0.600. The quantitative estimate of drug-likeness (QED) is 0.395. The second kappa shape index (κ2) is 14.9. The zero-order valence-corrected chi connectivity index (χ0v) is 29.1.